The Balaban J connectivity index is 1.60. The number of likely N-dealkylation sites (tertiary alicyclic amines) is 1. The second kappa shape index (κ2) is 7.25. The van der Waals surface area contributed by atoms with Gasteiger partial charge in [0, 0.05) is 37.9 Å². The number of piperidine rings is 1. The highest BCUT2D eigenvalue weighted by molar-refractivity contribution is 5.83. The van der Waals surface area contributed by atoms with E-state index in [0.29, 0.717) is 6.04 Å². The van der Waals surface area contributed by atoms with Crippen LogP contribution in [-0.2, 0) is 4.79 Å². The summed E-state index contributed by atoms with van der Waals surface area (Å²) in [6.45, 7) is 7.36. The lowest BCUT2D eigenvalue weighted by molar-refractivity contribution is -0.133. The summed E-state index contributed by atoms with van der Waals surface area (Å²) in [4.78, 5) is 17.0. The zero-order valence-electron chi connectivity index (χ0n) is 15.4. The van der Waals surface area contributed by atoms with Gasteiger partial charge in [-0.3, -0.25) is 4.79 Å². The Morgan fingerprint density at radius 1 is 1.36 bits per heavy atom. The lowest BCUT2D eigenvalue weighted by Crippen LogP contribution is -2.47. The van der Waals surface area contributed by atoms with Crippen LogP contribution in [0, 0.1) is 13.8 Å². The lowest BCUT2D eigenvalue weighted by Gasteiger charge is -2.38. The predicted molar refractivity (Wildman–Crippen MR) is 96.6 cm³/mol. The number of amides is 1. The van der Waals surface area contributed by atoms with Gasteiger partial charge in [0.1, 0.15) is 11.5 Å². The fourth-order valence-corrected chi connectivity index (χ4v) is 3.63. The number of hydrogen-bond acceptors (Lipinski definition) is 5. The summed E-state index contributed by atoms with van der Waals surface area (Å²) in [5.41, 5.74) is 1.00. The first kappa shape index (κ1) is 17.5. The van der Waals surface area contributed by atoms with Gasteiger partial charge in [0.05, 0.1) is 5.92 Å². The van der Waals surface area contributed by atoms with Crippen molar-refractivity contribution in [2.24, 2.45) is 0 Å². The third kappa shape index (κ3) is 3.67. The van der Waals surface area contributed by atoms with Crippen LogP contribution in [0.2, 0.25) is 0 Å². The summed E-state index contributed by atoms with van der Waals surface area (Å²) in [6.07, 6.45) is 3.56. The molecule has 3 heterocycles. The Bertz CT molecular complexity index is 720. The molecule has 1 amide bonds. The van der Waals surface area contributed by atoms with Gasteiger partial charge in [0.15, 0.2) is 5.82 Å². The Morgan fingerprint density at radius 3 is 2.64 bits per heavy atom. The molecule has 0 aliphatic carbocycles. The number of furan rings is 1. The maximum absolute atomic E-state index is 12.9. The van der Waals surface area contributed by atoms with Crippen molar-refractivity contribution in [3.8, 4) is 0 Å². The predicted octanol–water partition coefficient (Wildman–Crippen LogP) is 2.92. The quantitative estimate of drug-likeness (QED) is 0.855. The summed E-state index contributed by atoms with van der Waals surface area (Å²) in [5, 5.41) is 8.12. The van der Waals surface area contributed by atoms with E-state index in [1.54, 1.807) is 6.20 Å². The van der Waals surface area contributed by atoms with Crippen molar-refractivity contribution < 1.29 is 9.21 Å². The number of nitrogens with zero attached hydrogens (tertiary/aromatic N) is 4. The van der Waals surface area contributed by atoms with Crippen LogP contribution in [0.5, 0.6) is 0 Å². The summed E-state index contributed by atoms with van der Waals surface area (Å²) in [5.74, 6) is 2.61. The molecular formula is C19H26N4O2. The molecule has 0 saturated carbocycles. The Morgan fingerprint density at radius 2 is 2.08 bits per heavy atom. The fourth-order valence-electron chi connectivity index (χ4n) is 3.63. The minimum absolute atomic E-state index is 0.160. The van der Waals surface area contributed by atoms with Gasteiger partial charge in [-0.05, 0) is 51.8 Å². The van der Waals surface area contributed by atoms with E-state index >= 15 is 0 Å². The van der Waals surface area contributed by atoms with Gasteiger partial charge in [-0.1, -0.05) is 0 Å². The Kier molecular flexibility index (Phi) is 5.06. The molecule has 1 saturated heterocycles. The van der Waals surface area contributed by atoms with Crippen molar-refractivity contribution in [1.82, 2.24) is 15.1 Å². The van der Waals surface area contributed by atoms with Crippen LogP contribution in [0.1, 0.15) is 42.8 Å². The Labute approximate surface area is 148 Å². The van der Waals surface area contributed by atoms with Crippen LogP contribution in [0.15, 0.2) is 28.8 Å². The number of aromatic nitrogens is 2. The largest absolute Gasteiger partial charge is 0.466 e. The van der Waals surface area contributed by atoms with Crippen LogP contribution in [0.25, 0.3) is 0 Å². The molecule has 2 aromatic heterocycles. The first-order valence-corrected chi connectivity index (χ1v) is 8.83. The summed E-state index contributed by atoms with van der Waals surface area (Å²) < 4.78 is 5.58. The van der Waals surface area contributed by atoms with Crippen molar-refractivity contribution >= 4 is 11.7 Å². The highest BCUT2D eigenvalue weighted by atomic mass is 16.3. The zero-order chi connectivity index (χ0) is 18.0. The third-order valence-electron chi connectivity index (χ3n) is 5.16. The normalized spacial score (nSPS) is 16.7. The summed E-state index contributed by atoms with van der Waals surface area (Å²) in [6, 6.07) is 6.23. The molecule has 1 aliphatic rings. The zero-order valence-corrected chi connectivity index (χ0v) is 15.4. The number of aryl methyl sites for hydroxylation is 2. The molecule has 0 N–H and O–H groups in total. The number of anilines is 1. The molecule has 2 aromatic rings. The molecular weight excluding hydrogens is 316 g/mol. The van der Waals surface area contributed by atoms with Crippen molar-refractivity contribution in [3.63, 3.8) is 0 Å². The molecule has 0 bridgehead atoms. The molecule has 1 unspecified atom stereocenters. The first-order chi connectivity index (χ1) is 12.0. The average molecular weight is 342 g/mol. The highest BCUT2D eigenvalue weighted by Gasteiger charge is 2.30. The van der Waals surface area contributed by atoms with Crippen molar-refractivity contribution in [2.75, 3.05) is 25.0 Å². The molecule has 134 valence electrons. The lowest BCUT2D eigenvalue weighted by atomic mass is 9.97. The molecule has 3 rings (SSSR count). The van der Waals surface area contributed by atoms with E-state index in [1.807, 2.05) is 50.9 Å². The maximum Gasteiger partial charge on any atom is 0.229 e. The van der Waals surface area contributed by atoms with Crippen molar-refractivity contribution in [3.05, 3.63) is 41.5 Å². The van der Waals surface area contributed by atoms with Gasteiger partial charge in [-0.2, -0.15) is 5.10 Å². The van der Waals surface area contributed by atoms with Gasteiger partial charge in [-0.15, -0.1) is 5.10 Å². The highest BCUT2D eigenvalue weighted by Crippen LogP contribution is 2.27. The van der Waals surface area contributed by atoms with Crippen LogP contribution in [0.3, 0.4) is 0 Å². The average Bonchev–Trinajstić information content (AvgIpc) is 2.99. The number of carbonyl (C=O) groups excluding carboxylic acids is 1. The van der Waals surface area contributed by atoms with Crippen LogP contribution in [0.4, 0.5) is 5.82 Å². The van der Waals surface area contributed by atoms with Crippen molar-refractivity contribution in [1.29, 1.82) is 0 Å². The topological polar surface area (TPSA) is 62.5 Å². The third-order valence-corrected chi connectivity index (χ3v) is 5.16. The van der Waals surface area contributed by atoms with Crippen molar-refractivity contribution in [2.45, 2.75) is 45.6 Å². The summed E-state index contributed by atoms with van der Waals surface area (Å²) in [7, 11) is 2.05. The van der Waals surface area contributed by atoms with Crippen LogP contribution >= 0.6 is 0 Å². The smallest absolute Gasteiger partial charge is 0.229 e. The van der Waals surface area contributed by atoms with Gasteiger partial charge < -0.3 is 14.2 Å². The second-order valence-electron chi connectivity index (χ2n) is 6.84. The standard InChI is InChI=1S/C19H26N4O2/c1-13-12-17(15(3)25-13)14(2)19(24)23-10-7-16(8-11-23)22(4)18-6-5-9-20-21-18/h5-6,9,12,14,16H,7-8,10-11H2,1-4H3. The van der Waals surface area contributed by atoms with E-state index in [1.165, 1.54) is 0 Å². The molecule has 1 atom stereocenters. The molecule has 0 radical (unpaired) electrons. The number of rotatable bonds is 4. The van der Waals surface area contributed by atoms with E-state index in [4.69, 9.17) is 4.42 Å². The molecule has 1 aliphatic heterocycles. The second-order valence-corrected chi connectivity index (χ2v) is 6.84. The van der Waals surface area contributed by atoms with E-state index in [2.05, 4.69) is 15.1 Å². The van der Waals surface area contributed by atoms with Gasteiger partial charge in [-0.25, -0.2) is 0 Å². The van der Waals surface area contributed by atoms with E-state index in [0.717, 1.165) is 48.8 Å². The fraction of sp³-hybridized carbons (Fsp3) is 0.526. The first-order valence-electron chi connectivity index (χ1n) is 8.83. The Hall–Kier alpha value is -2.37. The van der Waals surface area contributed by atoms with E-state index in [-0.39, 0.29) is 11.8 Å². The molecule has 6 nitrogen and oxygen atoms in total. The maximum atomic E-state index is 12.9. The molecule has 0 spiro atoms. The van der Waals surface area contributed by atoms with Gasteiger partial charge in [0.25, 0.3) is 0 Å². The monoisotopic (exact) mass is 342 g/mol. The molecule has 1 fully saturated rings. The summed E-state index contributed by atoms with van der Waals surface area (Å²) >= 11 is 0. The number of carbonyl (C=O) groups is 1. The van der Waals surface area contributed by atoms with E-state index < -0.39 is 0 Å². The molecule has 0 aromatic carbocycles. The van der Waals surface area contributed by atoms with E-state index in [9.17, 15) is 4.79 Å². The van der Waals surface area contributed by atoms with Gasteiger partial charge >= 0.3 is 0 Å². The van der Waals surface area contributed by atoms with Gasteiger partial charge in [0.2, 0.25) is 5.91 Å². The SMILES string of the molecule is Cc1cc(C(C)C(=O)N2CCC(N(C)c3cccnn3)CC2)c(C)o1. The molecule has 6 heteroatoms. The minimum Gasteiger partial charge on any atom is -0.466 e. The number of hydrogen-bond donors (Lipinski definition) is 0. The van der Waals surface area contributed by atoms with Crippen LogP contribution in [-0.4, -0.2) is 47.2 Å². The van der Waals surface area contributed by atoms with Crippen LogP contribution < -0.4 is 4.90 Å². The molecule has 25 heavy (non-hydrogen) atoms. The minimum atomic E-state index is -0.160.